The number of rotatable bonds is 2. The SMILES string of the molecule is CC(C)(C)c1ccc(N2c3cc4ccccc4c4[c]3[Ge]3([c]5ccccc5)[c]5c(cc6ccccc6c5Oc5[c]3c2cc2ccccc52)O4)cc1. The van der Waals surface area contributed by atoms with Crippen molar-refractivity contribution in [3.63, 3.8) is 0 Å². The first-order chi connectivity index (χ1) is 24.4. The van der Waals surface area contributed by atoms with Crippen LogP contribution in [0.5, 0.6) is 23.0 Å². The molecule has 3 heterocycles. The van der Waals surface area contributed by atoms with Gasteiger partial charge in [0.1, 0.15) is 0 Å². The third kappa shape index (κ3) is 3.55. The Bertz CT molecular complexity index is 2730. The van der Waals surface area contributed by atoms with Crippen LogP contribution in [0.3, 0.4) is 0 Å². The quantitative estimate of drug-likeness (QED) is 0.167. The summed E-state index contributed by atoms with van der Waals surface area (Å²) in [4.78, 5) is 2.50. The van der Waals surface area contributed by atoms with Crippen LogP contribution in [0.25, 0.3) is 32.3 Å². The van der Waals surface area contributed by atoms with Gasteiger partial charge in [0, 0.05) is 0 Å². The molecule has 0 radical (unpaired) electrons. The minimum atomic E-state index is -3.92. The van der Waals surface area contributed by atoms with Crippen molar-refractivity contribution in [3.05, 3.63) is 151 Å². The third-order valence-corrected chi connectivity index (χ3v) is 21.4. The van der Waals surface area contributed by atoms with E-state index < -0.39 is 13.3 Å². The Kier molecular flexibility index (Phi) is 5.55. The molecule has 0 N–H and O–H groups in total. The molecule has 3 nitrogen and oxygen atoms in total. The predicted octanol–water partition coefficient (Wildman–Crippen LogP) is 9.82. The molecule has 0 amide bonds. The number of hydrogen-bond donors (Lipinski definition) is 0. The number of hydrogen-bond acceptors (Lipinski definition) is 3. The van der Waals surface area contributed by atoms with Gasteiger partial charge in [0.15, 0.2) is 0 Å². The van der Waals surface area contributed by atoms with E-state index in [1.54, 1.807) is 0 Å². The molecule has 3 aliphatic rings. The summed E-state index contributed by atoms with van der Waals surface area (Å²) in [5.41, 5.74) is 4.89. The van der Waals surface area contributed by atoms with Gasteiger partial charge in [0.2, 0.25) is 0 Å². The summed E-state index contributed by atoms with van der Waals surface area (Å²) < 4.78 is 20.0. The Hall–Kier alpha value is -5.52. The molecule has 4 heteroatoms. The van der Waals surface area contributed by atoms with Crippen LogP contribution in [0, 0.1) is 0 Å². The van der Waals surface area contributed by atoms with Crippen molar-refractivity contribution < 1.29 is 9.47 Å². The van der Waals surface area contributed by atoms with Gasteiger partial charge in [-0.3, -0.25) is 0 Å². The molecular weight excluding hydrogens is 671 g/mol. The second kappa shape index (κ2) is 9.80. The summed E-state index contributed by atoms with van der Waals surface area (Å²) in [7, 11) is 0. The van der Waals surface area contributed by atoms with Crippen LogP contribution in [0.1, 0.15) is 26.3 Å². The molecular formula is C46H33GeNO2. The van der Waals surface area contributed by atoms with E-state index in [2.05, 4.69) is 171 Å². The molecule has 8 aromatic rings. The summed E-state index contributed by atoms with van der Waals surface area (Å²) in [5, 5.41) is 6.88. The summed E-state index contributed by atoms with van der Waals surface area (Å²) in [6.07, 6.45) is 0. The average molecular weight is 704 g/mol. The van der Waals surface area contributed by atoms with E-state index in [-0.39, 0.29) is 5.41 Å². The van der Waals surface area contributed by atoms with Gasteiger partial charge in [0.05, 0.1) is 0 Å². The van der Waals surface area contributed by atoms with Crippen molar-refractivity contribution in [2.75, 3.05) is 4.90 Å². The maximum absolute atomic E-state index is 7.40. The fourth-order valence-electron chi connectivity index (χ4n) is 8.95. The van der Waals surface area contributed by atoms with E-state index in [0.717, 1.165) is 50.2 Å². The molecule has 50 heavy (non-hydrogen) atoms. The van der Waals surface area contributed by atoms with E-state index in [9.17, 15) is 0 Å². The molecule has 0 bridgehead atoms. The van der Waals surface area contributed by atoms with Gasteiger partial charge < -0.3 is 0 Å². The fraction of sp³-hybridized carbons (Fsp3) is 0.0870. The number of ether oxygens (including phenoxy) is 2. The molecule has 1 unspecified atom stereocenters. The van der Waals surface area contributed by atoms with Gasteiger partial charge in [0.25, 0.3) is 0 Å². The first-order valence-electron chi connectivity index (χ1n) is 17.4. The zero-order chi connectivity index (χ0) is 33.4. The van der Waals surface area contributed by atoms with Crippen LogP contribution in [0.2, 0.25) is 0 Å². The average Bonchev–Trinajstić information content (AvgIpc) is 3.14. The van der Waals surface area contributed by atoms with E-state index in [1.165, 1.54) is 45.3 Å². The van der Waals surface area contributed by atoms with Gasteiger partial charge in [-0.25, -0.2) is 0 Å². The molecule has 1 atom stereocenters. The summed E-state index contributed by atoms with van der Waals surface area (Å²) in [6, 6.07) is 53.7. The van der Waals surface area contributed by atoms with Crippen molar-refractivity contribution in [2.45, 2.75) is 26.2 Å². The second-order valence-electron chi connectivity index (χ2n) is 14.9. The Morgan fingerprint density at radius 3 is 1.52 bits per heavy atom. The molecule has 3 aliphatic heterocycles. The molecule has 0 spiro atoms. The maximum atomic E-state index is 7.40. The zero-order valence-corrected chi connectivity index (χ0v) is 30.2. The Balaban J connectivity index is 1.39. The summed E-state index contributed by atoms with van der Waals surface area (Å²) in [5.74, 6) is 3.84. The molecule has 0 saturated heterocycles. The van der Waals surface area contributed by atoms with E-state index in [0.29, 0.717) is 0 Å². The fourth-order valence-corrected chi connectivity index (χ4v) is 20.5. The first-order valence-corrected chi connectivity index (χ1v) is 21.6. The van der Waals surface area contributed by atoms with Crippen LogP contribution in [-0.2, 0) is 5.41 Å². The molecule has 11 rings (SSSR count). The van der Waals surface area contributed by atoms with Crippen molar-refractivity contribution in [1.29, 1.82) is 0 Å². The van der Waals surface area contributed by atoms with Gasteiger partial charge in [-0.2, -0.15) is 0 Å². The first kappa shape index (κ1) is 28.3. The van der Waals surface area contributed by atoms with Gasteiger partial charge in [-0.1, -0.05) is 0 Å². The summed E-state index contributed by atoms with van der Waals surface area (Å²) >= 11 is -3.92. The second-order valence-corrected chi connectivity index (χ2v) is 22.4. The van der Waals surface area contributed by atoms with Gasteiger partial charge in [-0.05, 0) is 0 Å². The Morgan fingerprint density at radius 2 is 0.960 bits per heavy atom. The molecule has 8 aromatic carbocycles. The molecule has 0 saturated carbocycles. The topological polar surface area (TPSA) is 21.7 Å². The van der Waals surface area contributed by atoms with Gasteiger partial charge in [-0.15, -0.1) is 0 Å². The predicted molar refractivity (Wildman–Crippen MR) is 210 cm³/mol. The van der Waals surface area contributed by atoms with Crippen LogP contribution in [0.15, 0.2) is 146 Å². The number of nitrogens with zero attached hydrogens (tertiary/aromatic N) is 1. The molecule has 238 valence electrons. The van der Waals surface area contributed by atoms with Crippen molar-refractivity contribution in [2.24, 2.45) is 0 Å². The number of fused-ring (bicyclic) bond motifs is 6. The van der Waals surface area contributed by atoms with Crippen LogP contribution >= 0.6 is 0 Å². The van der Waals surface area contributed by atoms with E-state index in [4.69, 9.17) is 9.47 Å². The summed E-state index contributed by atoms with van der Waals surface area (Å²) in [6.45, 7) is 6.83. The third-order valence-electron chi connectivity index (χ3n) is 11.1. The molecule has 0 aliphatic carbocycles. The van der Waals surface area contributed by atoms with E-state index in [1.807, 2.05) is 0 Å². The normalized spacial score (nSPS) is 16.7. The molecule has 0 aromatic heterocycles. The molecule has 0 fully saturated rings. The number of anilines is 3. The van der Waals surface area contributed by atoms with Crippen LogP contribution in [0.4, 0.5) is 17.1 Å². The van der Waals surface area contributed by atoms with Crippen LogP contribution < -0.4 is 32.0 Å². The zero-order valence-electron chi connectivity index (χ0n) is 28.1. The van der Waals surface area contributed by atoms with Crippen molar-refractivity contribution >= 4 is 80.2 Å². The van der Waals surface area contributed by atoms with Crippen molar-refractivity contribution in [3.8, 4) is 23.0 Å². The van der Waals surface area contributed by atoms with Crippen LogP contribution in [-0.4, -0.2) is 13.3 Å². The number of benzene rings is 8. The Labute approximate surface area is 293 Å². The standard InChI is InChI=1S/C46H33GeNO2/c1-46(2,3)31-21-23-33(24-22-31)48-37-25-28-13-7-10-18-34(28)43-40(37)47(32-16-5-4-6-17-32)41-38(48)26-29-14-8-11-19-35(29)44(41)50-45-36-20-12-9-15-30(36)27-39(49-43)42(45)47/h4-27H,1-3H3. The van der Waals surface area contributed by atoms with E-state index >= 15 is 0 Å². The minimum absolute atomic E-state index is 0.0486. The van der Waals surface area contributed by atoms with Gasteiger partial charge >= 0.3 is 295 Å². The monoisotopic (exact) mass is 705 g/mol. The Morgan fingerprint density at radius 1 is 0.480 bits per heavy atom. The van der Waals surface area contributed by atoms with Crippen molar-refractivity contribution in [1.82, 2.24) is 0 Å².